The van der Waals surface area contributed by atoms with Crippen molar-refractivity contribution in [1.29, 1.82) is 0 Å². The van der Waals surface area contributed by atoms with Crippen molar-refractivity contribution in [3.63, 3.8) is 0 Å². The Morgan fingerprint density at radius 3 is 2.89 bits per heavy atom. The van der Waals surface area contributed by atoms with Crippen LogP contribution in [0.1, 0.15) is 18.7 Å². The number of H-pyrrole nitrogens is 1. The van der Waals surface area contributed by atoms with E-state index in [-0.39, 0.29) is 11.2 Å². The fraction of sp³-hybridized carbons (Fsp3) is 0.250. The molecule has 3 rings (SSSR count). The number of non-ortho nitro benzene ring substituents is 1. The number of benzene rings is 1. The standard InChI is InChI=1S/C12H12N4O2/c13-12(4-5-12)11-14-7-10(15-11)8-2-1-3-9(6-8)16(17)18/h1-3,6-7H,4-5,13H2,(H,14,15). The first-order valence-corrected chi connectivity index (χ1v) is 5.68. The summed E-state index contributed by atoms with van der Waals surface area (Å²) < 4.78 is 0. The molecule has 1 heterocycles. The molecule has 0 unspecified atom stereocenters. The summed E-state index contributed by atoms with van der Waals surface area (Å²) in [7, 11) is 0. The van der Waals surface area contributed by atoms with Crippen LogP contribution in [0.15, 0.2) is 30.5 Å². The lowest BCUT2D eigenvalue weighted by molar-refractivity contribution is -0.384. The van der Waals surface area contributed by atoms with Crippen LogP contribution in [0.25, 0.3) is 11.3 Å². The van der Waals surface area contributed by atoms with Gasteiger partial charge in [-0.15, -0.1) is 0 Å². The third-order valence-corrected chi connectivity index (χ3v) is 3.20. The Morgan fingerprint density at radius 1 is 1.44 bits per heavy atom. The lowest BCUT2D eigenvalue weighted by Gasteiger charge is -2.03. The third kappa shape index (κ3) is 1.76. The number of aromatic amines is 1. The zero-order valence-corrected chi connectivity index (χ0v) is 9.59. The van der Waals surface area contributed by atoms with Gasteiger partial charge in [-0.25, -0.2) is 4.98 Å². The lowest BCUT2D eigenvalue weighted by Crippen LogP contribution is -2.20. The van der Waals surface area contributed by atoms with Crippen LogP contribution in [0.4, 0.5) is 5.69 Å². The average Bonchev–Trinajstić information content (AvgIpc) is 2.94. The van der Waals surface area contributed by atoms with Gasteiger partial charge >= 0.3 is 0 Å². The van der Waals surface area contributed by atoms with Gasteiger partial charge in [-0.2, -0.15) is 0 Å². The highest BCUT2D eigenvalue weighted by Gasteiger charge is 2.42. The molecule has 1 aromatic heterocycles. The normalized spacial score (nSPS) is 16.5. The molecule has 0 radical (unpaired) electrons. The molecule has 0 atom stereocenters. The van der Waals surface area contributed by atoms with Gasteiger partial charge in [0.25, 0.3) is 5.69 Å². The number of rotatable bonds is 3. The molecule has 1 fully saturated rings. The van der Waals surface area contributed by atoms with E-state index in [2.05, 4.69) is 9.97 Å². The predicted molar refractivity (Wildman–Crippen MR) is 65.8 cm³/mol. The SMILES string of the molecule is NC1(c2ncc(-c3cccc([N+](=O)[O-])c3)[nH]2)CC1. The van der Waals surface area contributed by atoms with Gasteiger partial charge < -0.3 is 10.7 Å². The number of nitrogens with zero attached hydrogens (tertiary/aromatic N) is 2. The Balaban J connectivity index is 1.97. The second-order valence-electron chi connectivity index (χ2n) is 4.61. The van der Waals surface area contributed by atoms with Crippen molar-refractivity contribution in [2.75, 3.05) is 0 Å². The molecule has 3 N–H and O–H groups in total. The maximum Gasteiger partial charge on any atom is 0.270 e. The van der Waals surface area contributed by atoms with Crippen molar-refractivity contribution >= 4 is 5.69 Å². The summed E-state index contributed by atoms with van der Waals surface area (Å²) >= 11 is 0. The third-order valence-electron chi connectivity index (χ3n) is 3.20. The smallest absolute Gasteiger partial charge is 0.270 e. The largest absolute Gasteiger partial charge is 0.340 e. The number of nitro benzene ring substituents is 1. The van der Waals surface area contributed by atoms with Gasteiger partial charge in [-0.05, 0) is 12.8 Å². The van der Waals surface area contributed by atoms with Gasteiger partial charge in [0.15, 0.2) is 0 Å². The van der Waals surface area contributed by atoms with E-state index in [4.69, 9.17) is 5.73 Å². The summed E-state index contributed by atoms with van der Waals surface area (Å²) in [5.41, 5.74) is 7.28. The average molecular weight is 244 g/mol. The zero-order chi connectivity index (χ0) is 12.8. The Labute approximate surface area is 103 Å². The van der Waals surface area contributed by atoms with E-state index in [1.54, 1.807) is 18.3 Å². The molecule has 1 saturated carbocycles. The lowest BCUT2D eigenvalue weighted by atomic mass is 10.1. The van der Waals surface area contributed by atoms with Gasteiger partial charge in [-0.1, -0.05) is 12.1 Å². The first kappa shape index (κ1) is 10.9. The van der Waals surface area contributed by atoms with Crippen molar-refractivity contribution < 1.29 is 4.92 Å². The number of nitro groups is 1. The second-order valence-corrected chi connectivity index (χ2v) is 4.61. The molecule has 0 amide bonds. The molecule has 1 aromatic carbocycles. The fourth-order valence-corrected chi connectivity index (χ4v) is 1.88. The van der Waals surface area contributed by atoms with Gasteiger partial charge in [0.1, 0.15) is 5.82 Å². The molecule has 1 aliphatic carbocycles. The summed E-state index contributed by atoms with van der Waals surface area (Å²) in [6, 6.07) is 6.45. The van der Waals surface area contributed by atoms with Crippen LogP contribution < -0.4 is 5.73 Å². The Kier molecular flexibility index (Phi) is 2.21. The van der Waals surface area contributed by atoms with Gasteiger partial charge in [-0.3, -0.25) is 10.1 Å². The fourth-order valence-electron chi connectivity index (χ4n) is 1.88. The minimum absolute atomic E-state index is 0.0672. The van der Waals surface area contributed by atoms with Crippen LogP contribution in [0.3, 0.4) is 0 Å². The van der Waals surface area contributed by atoms with E-state index in [0.29, 0.717) is 0 Å². The quantitative estimate of drug-likeness (QED) is 0.636. The van der Waals surface area contributed by atoms with Crippen LogP contribution in [-0.2, 0) is 5.54 Å². The molecule has 92 valence electrons. The van der Waals surface area contributed by atoms with E-state index in [0.717, 1.165) is 29.9 Å². The Morgan fingerprint density at radius 2 is 2.22 bits per heavy atom. The van der Waals surface area contributed by atoms with Crippen molar-refractivity contribution in [3.8, 4) is 11.3 Å². The molecular weight excluding hydrogens is 232 g/mol. The van der Waals surface area contributed by atoms with E-state index in [1.165, 1.54) is 12.1 Å². The molecule has 6 nitrogen and oxygen atoms in total. The summed E-state index contributed by atoms with van der Waals surface area (Å²) in [4.78, 5) is 17.7. The highest BCUT2D eigenvalue weighted by Crippen LogP contribution is 2.41. The number of nitrogens with two attached hydrogens (primary N) is 1. The van der Waals surface area contributed by atoms with E-state index in [1.807, 2.05) is 0 Å². The van der Waals surface area contributed by atoms with Gasteiger partial charge in [0.05, 0.1) is 22.4 Å². The topological polar surface area (TPSA) is 97.8 Å². The first-order valence-electron chi connectivity index (χ1n) is 5.68. The number of hydrogen-bond donors (Lipinski definition) is 2. The van der Waals surface area contributed by atoms with Crippen molar-refractivity contribution in [1.82, 2.24) is 9.97 Å². The molecule has 1 aliphatic rings. The Hall–Kier alpha value is -2.21. The molecule has 0 bridgehead atoms. The van der Waals surface area contributed by atoms with Crippen LogP contribution in [-0.4, -0.2) is 14.9 Å². The summed E-state index contributed by atoms with van der Waals surface area (Å²) in [5, 5.41) is 10.7. The molecular formula is C12H12N4O2. The molecule has 0 spiro atoms. The predicted octanol–water partition coefficient (Wildman–Crippen LogP) is 1.93. The van der Waals surface area contributed by atoms with Crippen molar-refractivity contribution in [3.05, 3.63) is 46.4 Å². The minimum Gasteiger partial charge on any atom is -0.340 e. The maximum atomic E-state index is 10.7. The molecule has 0 saturated heterocycles. The highest BCUT2D eigenvalue weighted by atomic mass is 16.6. The second kappa shape index (κ2) is 3.64. The summed E-state index contributed by atoms with van der Waals surface area (Å²) in [6.45, 7) is 0. The number of imidazole rings is 1. The monoisotopic (exact) mass is 244 g/mol. The number of nitrogens with one attached hydrogen (secondary N) is 1. The molecule has 0 aliphatic heterocycles. The van der Waals surface area contributed by atoms with Crippen molar-refractivity contribution in [2.24, 2.45) is 5.73 Å². The molecule has 6 heteroatoms. The Bertz CT molecular complexity index is 616. The number of hydrogen-bond acceptors (Lipinski definition) is 4. The van der Waals surface area contributed by atoms with Crippen LogP contribution in [0, 0.1) is 10.1 Å². The van der Waals surface area contributed by atoms with Gasteiger partial charge in [0, 0.05) is 17.7 Å². The van der Waals surface area contributed by atoms with Crippen molar-refractivity contribution in [2.45, 2.75) is 18.4 Å². The summed E-state index contributed by atoms with van der Waals surface area (Å²) in [6.07, 6.45) is 3.52. The first-order chi connectivity index (χ1) is 8.58. The van der Waals surface area contributed by atoms with E-state index >= 15 is 0 Å². The maximum absolute atomic E-state index is 10.7. The van der Waals surface area contributed by atoms with Crippen LogP contribution in [0.2, 0.25) is 0 Å². The zero-order valence-electron chi connectivity index (χ0n) is 9.59. The van der Waals surface area contributed by atoms with E-state index < -0.39 is 4.92 Å². The highest BCUT2D eigenvalue weighted by molar-refractivity contribution is 5.62. The summed E-state index contributed by atoms with van der Waals surface area (Å²) in [5.74, 6) is 0.754. The van der Waals surface area contributed by atoms with E-state index in [9.17, 15) is 10.1 Å². The molecule has 2 aromatic rings. The molecule has 18 heavy (non-hydrogen) atoms. The minimum atomic E-state index is -0.411. The number of aromatic nitrogens is 2. The van der Waals surface area contributed by atoms with Gasteiger partial charge in [0.2, 0.25) is 0 Å². The van der Waals surface area contributed by atoms with Crippen LogP contribution >= 0.6 is 0 Å². The van der Waals surface area contributed by atoms with Crippen LogP contribution in [0.5, 0.6) is 0 Å².